The number of carbonyl (C=O) groups is 4. The summed E-state index contributed by atoms with van der Waals surface area (Å²) in [6.45, 7) is 11.8. The van der Waals surface area contributed by atoms with Crippen LogP contribution in [-0.2, 0) is 46.2 Å². The molecular formula is C40H42N4O8. The van der Waals surface area contributed by atoms with Crippen LogP contribution < -0.4 is 10.7 Å². The summed E-state index contributed by atoms with van der Waals surface area (Å²) in [5, 5.41) is 11.1. The molecule has 12 nitrogen and oxygen atoms in total. The molecule has 0 saturated heterocycles. The topological polar surface area (TPSA) is 172 Å². The molecule has 0 amide bonds. The normalized spacial score (nSPS) is 24.0. The van der Waals surface area contributed by atoms with E-state index in [4.69, 9.17) is 24.2 Å². The molecule has 3 N–H and O–H groups in total. The number of rotatable bonds is 8. The minimum absolute atomic E-state index is 0.0417. The first-order chi connectivity index (χ1) is 24.8. The number of aliphatic carboxylic acids is 1. The average molecular weight is 707 g/mol. The number of esters is 3. The molecule has 0 saturated carbocycles. The number of carboxylic acid groups (broad SMARTS) is 1. The fourth-order valence-electron chi connectivity index (χ4n) is 7.83. The zero-order valence-corrected chi connectivity index (χ0v) is 30.4. The minimum atomic E-state index is -1.16. The number of aromatic amines is 2. The molecule has 0 radical (unpaired) electrons. The predicted molar refractivity (Wildman–Crippen MR) is 196 cm³/mol. The van der Waals surface area contributed by atoms with Crippen molar-refractivity contribution in [3.05, 3.63) is 97.1 Å². The van der Waals surface area contributed by atoms with Crippen LogP contribution in [0.3, 0.4) is 0 Å². The van der Waals surface area contributed by atoms with Crippen LogP contribution >= 0.6 is 0 Å². The maximum absolute atomic E-state index is 13.7. The molecule has 270 valence electrons. The Labute approximate surface area is 300 Å². The highest BCUT2D eigenvalue weighted by Crippen LogP contribution is 2.54. The lowest BCUT2D eigenvalue weighted by Gasteiger charge is -2.37. The number of nitrogens with zero attached hydrogens (tertiary/aromatic N) is 2. The zero-order valence-electron chi connectivity index (χ0n) is 30.4. The molecule has 3 atom stereocenters. The lowest BCUT2D eigenvalue weighted by molar-refractivity contribution is -0.150. The van der Waals surface area contributed by atoms with Crippen LogP contribution in [-0.4, -0.2) is 77.7 Å². The number of carboxylic acids is 1. The summed E-state index contributed by atoms with van der Waals surface area (Å²) in [7, 11) is 3.88. The van der Waals surface area contributed by atoms with Gasteiger partial charge in [-0.1, -0.05) is 24.8 Å². The van der Waals surface area contributed by atoms with Crippen molar-refractivity contribution in [3.63, 3.8) is 0 Å². The number of allylic oxidation sites excluding steroid dienone is 4. The highest BCUT2D eigenvalue weighted by molar-refractivity contribution is 6.22. The molecule has 0 spiro atoms. The van der Waals surface area contributed by atoms with Gasteiger partial charge in [-0.3, -0.25) is 24.4 Å². The third-order valence-electron chi connectivity index (χ3n) is 10.8. The number of hydrogen-bond donors (Lipinski definition) is 3. The van der Waals surface area contributed by atoms with E-state index >= 15 is 0 Å². The van der Waals surface area contributed by atoms with Gasteiger partial charge in [-0.15, -0.1) is 0 Å². The van der Waals surface area contributed by atoms with Crippen molar-refractivity contribution in [1.82, 2.24) is 9.97 Å². The van der Waals surface area contributed by atoms with Crippen molar-refractivity contribution < 1.29 is 38.5 Å². The number of hydrogen-bond acceptors (Lipinski definition) is 9. The lowest BCUT2D eigenvalue weighted by Crippen LogP contribution is -2.41. The van der Waals surface area contributed by atoms with Crippen LogP contribution in [0.25, 0.3) is 18.2 Å². The third kappa shape index (κ3) is 5.91. The molecule has 0 aromatic carbocycles. The van der Waals surface area contributed by atoms with E-state index < -0.39 is 35.2 Å². The van der Waals surface area contributed by atoms with Gasteiger partial charge in [-0.2, -0.15) is 0 Å². The number of aliphatic imine (C=N–C) groups is 2. The Bertz CT molecular complexity index is 2270. The van der Waals surface area contributed by atoms with Crippen molar-refractivity contribution in [2.75, 3.05) is 21.3 Å². The number of H-pyrrole nitrogens is 2. The Morgan fingerprint density at radius 1 is 0.962 bits per heavy atom. The molecule has 12 heteroatoms. The van der Waals surface area contributed by atoms with Crippen molar-refractivity contribution >= 4 is 53.5 Å². The summed E-state index contributed by atoms with van der Waals surface area (Å²) in [5.41, 5.74) is 7.96. The van der Waals surface area contributed by atoms with Gasteiger partial charge < -0.3 is 29.3 Å². The summed E-state index contributed by atoms with van der Waals surface area (Å²) < 4.78 is 15.5. The predicted octanol–water partition coefficient (Wildman–Crippen LogP) is 3.66. The maximum atomic E-state index is 13.7. The van der Waals surface area contributed by atoms with Crippen molar-refractivity contribution in [2.24, 2.45) is 21.3 Å². The standard InChI is InChI=1S/C40H42N4O8/c1-9-22-19(2)28-16-33-26-12-10-24(38(48)51-7)37(39(49)52-8)40(26,5)34(44-33)18-29-21(4)25(14-36(47)50-6)32(43-29)17-31-23(11-13-35(45)46)20(3)27(42-31)15-30(22)41-28/h9-10,12,15,17-18,30,37,42-43H,1,11,13-14,16H2,2-8H3,(H,45,46)/b27-15-,31-17-,34-18-. The summed E-state index contributed by atoms with van der Waals surface area (Å²) in [6.07, 6.45) is 11.4. The van der Waals surface area contributed by atoms with Crippen molar-refractivity contribution in [2.45, 2.75) is 59.4 Å². The Kier molecular flexibility index (Phi) is 9.52. The van der Waals surface area contributed by atoms with E-state index in [2.05, 4.69) is 16.5 Å². The first-order valence-electron chi connectivity index (χ1n) is 17.0. The molecule has 5 heterocycles. The number of ether oxygens (including phenoxy) is 3. The Morgan fingerprint density at radius 2 is 1.71 bits per heavy atom. The van der Waals surface area contributed by atoms with Crippen LogP contribution in [0.2, 0.25) is 0 Å². The highest BCUT2D eigenvalue weighted by atomic mass is 16.5. The number of nitrogens with one attached hydrogen (secondary N) is 2. The van der Waals surface area contributed by atoms with E-state index in [1.54, 1.807) is 12.2 Å². The monoisotopic (exact) mass is 706 g/mol. The molecule has 3 aliphatic heterocycles. The number of fused-ring (bicyclic) bond motifs is 9. The Hall–Kier alpha value is -5.78. The SMILES string of the molecule is C=CC1=C(C)C2=NC1/C=c1\[nH]/c(c(CCC(=O)O)c1C)=C\c1[nH]c(c(C)c1CC(=O)OC)/C=C1\N=C(C2)C2=CC=C(C(=O)OC)C(C(=O)OC)C21C. The van der Waals surface area contributed by atoms with Gasteiger partial charge in [0.25, 0.3) is 0 Å². The first kappa shape index (κ1) is 36.0. The molecule has 3 unspecified atom stereocenters. The van der Waals surface area contributed by atoms with E-state index in [-0.39, 0.29) is 30.9 Å². The maximum Gasteiger partial charge on any atom is 0.334 e. The number of aromatic nitrogens is 2. The smallest absolute Gasteiger partial charge is 0.334 e. The third-order valence-corrected chi connectivity index (χ3v) is 10.8. The second-order valence-electron chi connectivity index (χ2n) is 13.5. The minimum Gasteiger partial charge on any atom is -0.481 e. The highest BCUT2D eigenvalue weighted by Gasteiger charge is 2.55. The van der Waals surface area contributed by atoms with Gasteiger partial charge in [-0.25, -0.2) is 4.79 Å². The largest absolute Gasteiger partial charge is 0.481 e. The van der Waals surface area contributed by atoms with Crippen LogP contribution in [0.4, 0.5) is 0 Å². The summed E-state index contributed by atoms with van der Waals surface area (Å²) in [6, 6.07) is -0.385. The summed E-state index contributed by atoms with van der Waals surface area (Å²) in [5.74, 6) is -3.72. The number of methoxy groups -OCH3 is 3. The molecule has 8 bridgehead atoms. The molecule has 52 heavy (non-hydrogen) atoms. The fourth-order valence-corrected chi connectivity index (χ4v) is 7.83. The van der Waals surface area contributed by atoms with Gasteiger partial charge in [0.15, 0.2) is 0 Å². The quantitative estimate of drug-likeness (QED) is 0.276. The summed E-state index contributed by atoms with van der Waals surface area (Å²) in [4.78, 5) is 68.6. The lowest BCUT2D eigenvalue weighted by atomic mass is 9.63. The first-order valence-corrected chi connectivity index (χ1v) is 17.0. The van der Waals surface area contributed by atoms with Gasteiger partial charge in [0, 0.05) is 40.6 Å². The summed E-state index contributed by atoms with van der Waals surface area (Å²) >= 11 is 0. The van der Waals surface area contributed by atoms with Gasteiger partial charge in [0.2, 0.25) is 0 Å². The second kappa shape index (κ2) is 13.7. The van der Waals surface area contributed by atoms with Gasteiger partial charge in [-0.05, 0) is 91.3 Å². The molecule has 0 fully saturated rings. The van der Waals surface area contributed by atoms with Crippen LogP contribution in [0.5, 0.6) is 0 Å². The zero-order chi connectivity index (χ0) is 37.6. The molecule has 6 rings (SSSR count). The molecular weight excluding hydrogens is 664 g/mol. The molecule has 2 aromatic heterocycles. The van der Waals surface area contributed by atoms with Crippen LogP contribution in [0, 0.1) is 25.2 Å². The fraction of sp³-hybridized carbons (Fsp3) is 0.350. The van der Waals surface area contributed by atoms with E-state index in [1.807, 2.05) is 52.0 Å². The van der Waals surface area contributed by atoms with E-state index in [1.165, 1.54) is 21.3 Å². The molecule has 2 aromatic rings. The van der Waals surface area contributed by atoms with E-state index in [0.717, 1.165) is 44.5 Å². The van der Waals surface area contributed by atoms with Crippen LogP contribution in [0.1, 0.15) is 60.3 Å². The number of carbonyl (C=O) groups excluding carboxylic acids is 3. The Balaban J connectivity index is 1.69. The van der Waals surface area contributed by atoms with Gasteiger partial charge >= 0.3 is 23.9 Å². The van der Waals surface area contributed by atoms with Crippen LogP contribution in [0.15, 0.2) is 62.8 Å². The molecule has 4 aliphatic rings. The molecule has 1 aliphatic carbocycles. The van der Waals surface area contributed by atoms with E-state index in [9.17, 15) is 24.3 Å². The Morgan fingerprint density at radius 3 is 2.37 bits per heavy atom. The van der Waals surface area contributed by atoms with Gasteiger partial charge in [0.1, 0.15) is 5.92 Å². The van der Waals surface area contributed by atoms with Gasteiger partial charge in [0.05, 0.1) is 56.2 Å². The van der Waals surface area contributed by atoms with E-state index in [0.29, 0.717) is 40.1 Å². The average Bonchev–Trinajstić information content (AvgIpc) is 3.77. The van der Waals surface area contributed by atoms with Crippen molar-refractivity contribution in [3.8, 4) is 0 Å². The second-order valence-corrected chi connectivity index (χ2v) is 13.5. The van der Waals surface area contributed by atoms with Crippen molar-refractivity contribution in [1.29, 1.82) is 0 Å².